The van der Waals surface area contributed by atoms with Crippen molar-refractivity contribution in [2.45, 2.75) is 19.9 Å². The third kappa shape index (κ3) is 2.00. The highest BCUT2D eigenvalue weighted by Crippen LogP contribution is 2.40. The molecule has 2 rings (SSSR count). The van der Waals surface area contributed by atoms with E-state index in [1.807, 2.05) is 26.0 Å². The maximum atomic E-state index is 9.52. The number of methoxy groups -OCH3 is 1. The summed E-state index contributed by atoms with van der Waals surface area (Å²) in [7, 11) is 1.67. The lowest BCUT2D eigenvalue weighted by molar-refractivity contribution is -0.150. The molecule has 1 fully saturated rings. The van der Waals surface area contributed by atoms with Gasteiger partial charge in [-0.1, -0.05) is 12.1 Å². The highest BCUT2D eigenvalue weighted by Gasteiger charge is 2.44. The second kappa shape index (κ2) is 4.88. The van der Waals surface area contributed by atoms with Gasteiger partial charge in [0, 0.05) is 6.04 Å². The molecule has 1 aromatic carbocycles. The highest BCUT2D eigenvalue weighted by molar-refractivity contribution is 5.44. The van der Waals surface area contributed by atoms with Crippen molar-refractivity contribution in [1.29, 1.82) is 0 Å². The van der Waals surface area contributed by atoms with Crippen LogP contribution in [0.25, 0.3) is 0 Å². The number of aryl methyl sites for hydroxylation is 2. The normalized spacial score (nSPS) is 19.2. The molecule has 100 valence electrons. The minimum Gasteiger partial charge on any atom is -0.496 e. The topological polar surface area (TPSA) is 64.7 Å². The SMILES string of the molecule is COc1c(C)cc(C(N)C2(CO)COC2)cc1C. The molecule has 4 nitrogen and oxygen atoms in total. The lowest BCUT2D eigenvalue weighted by Crippen LogP contribution is -2.52. The molecular formula is C14H21NO3. The van der Waals surface area contributed by atoms with E-state index in [9.17, 15) is 5.11 Å². The first kappa shape index (κ1) is 13.3. The van der Waals surface area contributed by atoms with Gasteiger partial charge in [-0.15, -0.1) is 0 Å². The van der Waals surface area contributed by atoms with E-state index in [-0.39, 0.29) is 18.1 Å². The zero-order chi connectivity index (χ0) is 13.3. The van der Waals surface area contributed by atoms with Crippen LogP contribution < -0.4 is 10.5 Å². The molecule has 0 saturated carbocycles. The predicted octanol–water partition coefficient (Wildman–Crippen LogP) is 1.32. The molecule has 1 aliphatic rings. The number of nitrogens with two attached hydrogens (primary N) is 1. The van der Waals surface area contributed by atoms with Crippen LogP contribution in [0.1, 0.15) is 22.7 Å². The summed E-state index contributed by atoms with van der Waals surface area (Å²) in [6, 6.07) is 3.86. The lowest BCUT2D eigenvalue weighted by Gasteiger charge is -2.44. The molecule has 1 heterocycles. The Morgan fingerprint density at radius 3 is 2.28 bits per heavy atom. The van der Waals surface area contributed by atoms with Crippen molar-refractivity contribution in [3.05, 3.63) is 28.8 Å². The standard InChI is InChI=1S/C14H21NO3/c1-9-4-11(5-10(2)12(9)17-3)13(15)14(6-16)7-18-8-14/h4-5,13,16H,6-8,15H2,1-3H3. The fraction of sp³-hybridized carbons (Fsp3) is 0.571. The second-order valence-corrected chi connectivity index (χ2v) is 5.18. The van der Waals surface area contributed by atoms with E-state index in [4.69, 9.17) is 15.2 Å². The zero-order valence-electron chi connectivity index (χ0n) is 11.2. The maximum absolute atomic E-state index is 9.52. The monoisotopic (exact) mass is 251 g/mol. The minimum absolute atomic E-state index is 0.0539. The quantitative estimate of drug-likeness (QED) is 0.847. The van der Waals surface area contributed by atoms with Crippen molar-refractivity contribution in [2.75, 3.05) is 26.9 Å². The van der Waals surface area contributed by atoms with Crippen LogP contribution in [-0.4, -0.2) is 32.0 Å². The van der Waals surface area contributed by atoms with Crippen LogP contribution in [0.4, 0.5) is 0 Å². The summed E-state index contributed by atoms with van der Waals surface area (Å²) in [5.41, 5.74) is 9.13. The summed E-state index contributed by atoms with van der Waals surface area (Å²) in [4.78, 5) is 0. The second-order valence-electron chi connectivity index (χ2n) is 5.18. The maximum Gasteiger partial charge on any atom is 0.124 e. The minimum atomic E-state index is -0.326. The zero-order valence-corrected chi connectivity index (χ0v) is 11.2. The van der Waals surface area contributed by atoms with Gasteiger partial charge in [0.05, 0.1) is 32.3 Å². The summed E-state index contributed by atoms with van der Waals surface area (Å²) in [5, 5.41) is 9.52. The lowest BCUT2D eigenvalue weighted by atomic mass is 9.76. The van der Waals surface area contributed by atoms with Crippen LogP contribution in [0.2, 0.25) is 0 Å². The third-order valence-electron chi connectivity index (χ3n) is 3.80. The fourth-order valence-electron chi connectivity index (χ4n) is 2.57. The van der Waals surface area contributed by atoms with E-state index in [1.165, 1.54) is 0 Å². The van der Waals surface area contributed by atoms with Crippen LogP contribution in [0.3, 0.4) is 0 Å². The number of hydrogen-bond donors (Lipinski definition) is 2. The molecule has 1 unspecified atom stereocenters. The Kier molecular flexibility index (Phi) is 3.61. The summed E-state index contributed by atoms with van der Waals surface area (Å²) >= 11 is 0. The summed E-state index contributed by atoms with van der Waals surface area (Å²) in [5.74, 6) is 0.897. The van der Waals surface area contributed by atoms with Gasteiger partial charge in [0.25, 0.3) is 0 Å². The predicted molar refractivity (Wildman–Crippen MR) is 69.7 cm³/mol. The summed E-state index contributed by atoms with van der Waals surface area (Å²) < 4.78 is 10.6. The van der Waals surface area contributed by atoms with E-state index in [2.05, 4.69) is 0 Å². The van der Waals surface area contributed by atoms with E-state index < -0.39 is 0 Å². The first-order valence-electron chi connectivity index (χ1n) is 6.13. The van der Waals surface area contributed by atoms with Crippen molar-refractivity contribution in [2.24, 2.45) is 11.1 Å². The van der Waals surface area contributed by atoms with Crippen LogP contribution in [0.15, 0.2) is 12.1 Å². The van der Waals surface area contributed by atoms with E-state index in [1.54, 1.807) is 7.11 Å². The van der Waals surface area contributed by atoms with E-state index >= 15 is 0 Å². The van der Waals surface area contributed by atoms with Crippen molar-refractivity contribution >= 4 is 0 Å². The molecule has 4 heteroatoms. The van der Waals surface area contributed by atoms with Crippen molar-refractivity contribution in [3.63, 3.8) is 0 Å². The molecule has 1 aliphatic heterocycles. The number of aliphatic hydroxyl groups excluding tert-OH is 1. The molecule has 0 aromatic heterocycles. The molecule has 3 N–H and O–H groups in total. The van der Waals surface area contributed by atoms with Gasteiger partial charge in [0.2, 0.25) is 0 Å². The molecular weight excluding hydrogens is 230 g/mol. The number of hydrogen-bond acceptors (Lipinski definition) is 4. The van der Waals surface area contributed by atoms with Gasteiger partial charge >= 0.3 is 0 Å². The molecule has 0 spiro atoms. The average molecular weight is 251 g/mol. The molecule has 1 saturated heterocycles. The largest absolute Gasteiger partial charge is 0.496 e. The highest BCUT2D eigenvalue weighted by atomic mass is 16.5. The van der Waals surface area contributed by atoms with Gasteiger partial charge in [-0.2, -0.15) is 0 Å². The Hall–Kier alpha value is -1.10. The van der Waals surface area contributed by atoms with Crippen molar-refractivity contribution in [3.8, 4) is 5.75 Å². The fourth-order valence-corrected chi connectivity index (χ4v) is 2.57. The average Bonchev–Trinajstić information content (AvgIpc) is 2.27. The van der Waals surface area contributed by atoms with Gasteiger partial charge < -0.3 is 20.3 Å². The Bertz CT molecular complexity index is 412. The molecule has 1 atom stereocenters. The van der Waals surface area contributed by atoms with Gasteiger partial charge in [0.15, 0.2) is 0 Å². The Labute approximate surface area is 108 Å². The molecule has 0 amide bonds. The Balaban J connectivity index is 2.34. The van der Waals surface area contributed by atoms with Gasteiger partial charge in [0.1, 0.15) is 5.75 Å². The van der Waals surface area contributed by atoms with Gasteiger partial charge in [-0.25, -0.2) is 0 Å². The molecule has 0 bridgehead atoms. The number of ether oxygens (including phenoxy) is 2. The third-order valence-corrected chi connectivity index (χ3v) is 3.80. The molecule has 0 aliphatic carbocycles. The molecule has 1 aromatic rings. The van der Waals surface area contributed by atoms with Gasteiger partial charge in [-0.05, 0) is 30.5 Å². The Morgan fingerprint density at radius 2 is 1.94 bits per heavy atom. The van der Waals surface area contributed by atoms with Crippen molar-refractivity contribution in [1.82, 2.24) is 0 Å². The molecule has 0 radical (unpaired) electrons. The summed E-state index contributed by atoms with van der Waals surface area (Å²) in [6.45, 7) is 5.11. The van der Waals surface area contributed by atoms with Crippen LogP contribution in [0, 0.1) is 19.3 Å². The van der Waals surface area contributed by atoms with Gasteiger partial charge in [-0.3, -0.25) is 0 Å². The Morgan fingerprint density at radius 1 is 1.39 bits per heavy atom. The molecule has 18 heavy (non-hydrogen) atoms. The smallest absolute Gasteiger partial charge is 0.124 e. The summed E-state index contributed by atoms with van der Waals surface area (Å²) in [6.07, 6.45) is 0. The van der Waals surface area contributed by atoms with Crippen LogP contribution in [-0.2, 0) is 4.74 Å². The number of benzene rings is 1. The number of rotatable bonds is 4. The number of aliphatic hydroxyl groups is 1. The first-order chi connectivity index (χ1) is 8.54. The van der Waals surface area contributed by atoms with Crippen LogP contribution in [0.5, 0.6) is 5.75 Å². The first-order valence-corrected chi connectivity index (χ1v) is 6.13. The van der Waals surface area contributed by atoms with E-state index in [0.29, 0.717) is 13.2 Å². The van der Waals surface area contributed by atoms with Crippen LogP contribution >= 0.6 is 0 Å². The van der Waals surface area contributed by atoms with Crippen molar-refractivity contribution < 1.29 is 14.6 Å². The van der Waals surface area contributed by atoms with E-state index in [0.717, 1.165) is 22.4 Å².